The number of fused-ring (bicyclic) bond motifs is 1. The molecule has 7 heteroatoms. The Hall–Kier alpha value is -2.34. The van der Waals surface area contributed by atoms with Crippen molar-refractivity contribution in [2.75, 3.05) is 31.6 Å². The summed E-state index contributed by atoms with van der Waals surface area (Å²) in [6, 6.07) is 5.82. The second-order valence-corrected chi connectivity index (χ2v) is 5.71. The van der Waals surface area contributed by atoms with Crippen LogP contribution in [-0.4, -0.2) is 48.0 Å². The second-order valence-electron chi connectivity index (χ2n) is 5.71. The minimum atomic E-state index is -0.448. The van der Waals surface area contributed by atoms with Gasteiger partial charge < -0.3 is 15.0 Å². The van der Waals surface area contributed by atoms with Crippen molar-refractivity contribution < 1.29 is 14.3 Å². The van der Waals surface area contributed by atoms with Crippen LogP contribution in [0, 0.1) is 6.92 Å². The van der Waals surface area contributed by atoms with Gasteiger partial charge in [0.1, 0.15) is 5.56 Å². The van der Waals surface area contributed by atoms with Crippen LogP contribution in [0.1, 0.15) is 36.7 Å². The van der Waals surface area contributed by atoms with Gasteiger partial charge in [0.25, 0.3) is 0 Å². The fourth-order valence-corrected chi connectivity index (χ4v) is 2.71. The number of hydrogen-bond acceptors (Lipinski definition) is 5. The summed E-state index contributed by atoms with van der Waals surface area (Å²) >= 11 is 0. The summed E-state index contributed by atoms with van der Waals surface area (Å²) in [7, 11) is 0. The van der Waals surface area contributed by atoms with E-state index in [1.807, 2.05) is 39.0 Å². The molecule has 1 N–H and O–H groups in total. The summed E-state index contributed by atoms with van der Waals surface area (Å²) < 4.78 is 5.13. The number of aryl methyl sites for hydroxylation is 1. The number of likely N-dealkylation sites (N-methyl/N-ethyl adjacent to an activating group) is 1. The van der Waals surface area contributed by atoms with Gasteiger partial charge in [0.2, 0.25) is 5.91 Å². The monoisotopic (exact) mass is 379 g/mol. The maximum absolute atomic E-state index is 12.3. The fraction of sp³-hybridized carbons (Fsp3) is 0.421. The van der Waals surface area contributed by atoms with E-state index in [0.29, 0.717) is 24.3 Å². The lowest BCUT2D eigenvalue weighted by Gasteiger charge is -2.20. The number of esters is 1. The highest BCUT2D eigenvalue weighted by molar-refractivity contribution is 6.05. The molecule has 0 fully saturated rings. The molecule has 2 rings (SSSR count). The molecule has 1 heterocycles. The van der Waals surface area contributed by atoms with Crippen LogP contribution in [-0.2, 0) is 9.53 Å². The van der Waals surface area contributed by atoms with E-state index in [2.05, 4.69) is 10.3 Å². The number of halogens is 1. The molecular formula is C19H26ClN3O3. The zero-order valence-corrected chi connectivity index (χ0v) is 16.5. The number of amides is 1. The van der Waals surface area contributed by atoms with Crippen LogP contribution in [0.15, 0.2) is 24.4 Å². The SMILES string of the molecule is CCOC(=O)c1cnc2ccc(C)cc2c1NCC(=O)N(CC)CC.Cl. The highest BCUT2D eigenvalue weighted by Crippen LogP contribution is 2.27. The van der Waals surface area contributed by atoms with Gasteiger partial charge in [-0.05, 0) is 39.8 Å². The highest BCUT2D eigenvalue weighted by Gasteiger charge is 2.18. The van der Waals surface area contributed by atoms with Gasteiger partial charge in [-0.15, -0.1) is 12.4 Å². The summed E-state index contributed by atoms with van der Waals surface area (Å²) in [4.78, 5) is 30.7. The molecule has 1 aromatic heterocycles. The maximum Gasteiger partial charge on any atom is 0.341 e. The molecule has 0 aliphatic heterocycles. The second kappa shape index (κ2) is 9.97. The van der Waals surface area contributed by atoms with Crippen LogP contribution < -0.4 is 5.32 Å². The Bertz CT molecular complexity index is 776. The highest BCUT2D eigenvalue weighted by atomic mass is 35.5. The van der Waals surface area contributed by atoms with E-state index in [1.165, 1.54) is 6.20 Å². The number of anilines is 1. The van der Waals surface area contributed by atoms with Crippen molar-refractivity contribution >= 4 is 40.9 Å². The number of nitrogens with zero attached hydrogens (tertiary/aromatic N) is 2. The van der Waals surface area contributed by atoms with Gasteiger partial charge >= 0.3 is 5.97 Å². The van der Waals surface area contributed by atoms with Gasteiger partial charge in [0.05, 0.1) is 24.4 Å². The van der Waals surface area contributed by atoms with E-state index >= 15 is 0 Å². The quantitative estimate of drug-likeness (QED) is 0.746. The van der Waals surface area contributed by atoms with E-state index < -0.39 is 5.97 Å². The lowest BCUT2D eigenvalue weighted by atomic mass is 10.1. The molecule has 2 aromatic rings. The van der Waals surface area contributed by atoms with Gasteiger partial charge in [-0.3, -0.25) is 9.78 Å². The lowest BCUT2D eigenvalue weighted by Crippen LogP contribution is -2.35. The first kappa shape index (κ1) is 21.7. The summed E-state index contributed by atoms with van der Waals surface area (Å²) in [5, 5.41) is 3.94. The van der Waals surface area contributed by atoms with E-state index in [0.717, 1.165) is 16.5 Å². The fourth-order valence-electron chi connectivity index (χ4n) is 2.71. The summed E-state index contributed by atoms with van der Waals surface area (Å²) in [6.07, 6.45) is 1.50. The zero-order valence-electron chi connectivity index (χ0n) is 15.7. The standard InChI is InChI=1S/C19H25N3O3.ClH/c1-5-22(6-2)17(23)12-21-18-14-10-13(4)8-9-16(14)20-11-15(18)19(24)25-7-3;/h8-11H,5-7,12H2,1-4H3,(H,20,21);1H. The molecule has 1 aromatic carbocycles. The molecule has 1 amide bonds. The van der Waals surface area contributed by atoms with E-state index in [-0.39, 0.29) is 31.5 Å². The number of carbonyl (C=O) groups excluding carboxylic acids is 2. The Balaban J connectivity index is 0.00000338. The number of hydrogen-bond donors (Lipinski definition) is 1. The predicted octanol–water partition coefficient (Wildman–Crippen LogP) is 3.42. The third-order valence-electron chi connectivity index (χ3n) is 4.05. The van der Waals surface area contributed by atoms with Crippen molar-refractivity contribution in [2.45, 2.75) is 27.7 Å². The molecule has 6 nitrogen and oxygen atoms in total. The van der Waals surface area contributed by atoms with E-state index in [4.69, 9.17) is 4.74 Å². The van der Waals surface area contributed by atoms with Gasteiger partial charge in [-0.1, -0.05) is 11.6 Å². The van der Waals surface area contributed by atoms with Gasteiger partial charge in [0.15, 0.2) is 0 Å². The first-order valence-corrected chi connectivity index (χ1v) is 8.59. The Morgan fingerprint density at radius 1 is 1.19 bits per heavy atom. The Labute approximate surface area is 160 Å². The number of rotatable bonds is 7. The molecule has 26 heavy (non-hydrogen) atoms. The summed E-state index contributed by atoms with van der Waals surface area (Å²) in [6.45, 7) is 9.31. The largest absolute Gasteiger partial charge is 0.462 e. The van der Waals surface area contributed by atoms with Crippen molar-refractivity contribution in [3.63, 3.8) is 0 Å². The number of benzene rings is 1. The normalized spacial score (nSPS) is 10.2. The van der Waals surface area contributed by atoms with Crippen LogP contribution in [0.2, 0.25) is 0 Å². The minimum Gasteiger partial charge on any atom is -0.462 e. The van der Waals surface area contributed by atoms with E-state index in [1.54, 1.807) is 11.8 Å². The van der Waals surface area contributed by atoms with Gasteiger partial charge in [0, 0.05) is 24.7 Å². The Morgan fingerprint density at radius 2 is 1.88 bits per heavy atom. The molecule has 0 atom stereocenters. The van der Waals surface area contributed by atoms with Crippen molar-refractivity contribution in [1.82, 2.24) is 9.88 Å². The van der Waals surface area contributed by atoms with Crippen LogP contribution in [0.3, 0.4) is 0 Å². The van der Waals surface area contributed by atoms with Crippen LogP contribution in [0.4, 0.5) is 5.69 Å². The lowest BCUT2D eigenvalue weighted by molar-refractivity contribution is -0.128. The molecule has 0 spiro atoms. The molecule has 0 aliphatic carbocycles. The van der Waals surface area contributed by atoms with Gasteiger partial charge in [-0.2, -0.15) is 0 Å². The summed E-state index contributed by atoms with van der Waals surface area (Å²) in [5.74, 6) is -0.464. The third-order valence-corrected chi connectivity index (χ3v) is 4.05. The molecule has 0 radical (unpaired) electrons. The number of aromatic nitrogens is 1. The number of carbonyl (C=O) groups is 2. The average Bonchev–Trinajstić information content (AvgIpc) is 2.60. The molecule has 0 saturated heterocycles. The first-order valence-electron chi connectivity index (χ1n) is 8.59. The topological polar surface area (TPSA) is 71.5 Å². The molecule has 0 bridgehead atoms. The van der Waals surface area contributed by atoms with Crippen molar-refractivity contribution in [1.29, 1.82) is 0 Å². The summed E-state index contributed by atoms with van der Waals surface area (Å²) in [5.41, 5.74) is 2.74. The number of pyridine rings is 1. The molecule has 0 unspecified atom stereocenters. The molecule has 142 valence electrons. The predicted molar refractivity (Wildman–Crippen MR) is 106 cm³/mol. The Kier molecular flexibility index (Phi) is 8.32. The van der Waals surface area contributed by atoms with Gasteiger partial charge in [-0.25, -0.2) is 4.79 Å². The van der Waals surface area contributed by atoms with Crippen molar-refractivity contribution in [2.24, 2.45) is 0 Å². The van der Waals surface area contributed by atoms with Crippen LogP contribution in [0.25, 0.3) is 10.9 Å². The first-order chi connectivity index (χ1) is 12.0. The van der Waals surface area contributed by atoms with Crippen LogP contribution in [0.5, 0.6) is 0 Å². The molecule has 0 saturated carbocycles. The third kappa shape index (κ3) is 4.85. The Morgan fingerprint density at radius 3 is 2.50 bits per heavy atom. The maximum atomic E-state index is 12.3. The van der Waals surface area contributed by atoms with Crippen molar-refractivity contribution in [3.05, 3.63) is 35.5 Å². The van der Waals surface area contributed by atoms with Crippen LogP contribution >= 0.6 is 12.4 Å². The zero-order chi connectivity index (χ0) is 18.4. The average molecular weight is 380 g/mol. The van der Waals surface area contributed by atoms with E-state index in [9.17, 15) is 9.59 Å². The van der Waals surface area contributed by atoms with Crippen molar-refractivity contribution in [3.8, 4) is 0 Å². The minimum absolute atomic E-state index is 0. The molecular weight excluding hydrogens is 354 g/mol. The smallest absolute Gasteiger partial charge is 0.341 e. The molecule has 0 aliphatic rings. The number of ether oxygens (including phenoxy) is 1. The number of nitrogens with one attached hydrogen (secondary N) is 1.